The zero-order valence-corrected chi connectivity index (χ0v) is 16.3. The third-order valence-corrected chi connectivity index (χ3v) is 2.39. The molecule has 1 aliphatic carbocycles. The van der Waals surface area contributed by atoms with E-state index in [1.807, 2.05) is 78.0 Å². The van der Waals surface area contributed by atoms with Crippen molar-refractivity contribution in [2.75, 3.05) is 6.54 Å². The molecule has 0 aliphatic heterocycles. The quantitative estimate of drug-likeness (QED) is 0.796. The number of hydrogen-bond donors (Lipinski definition) is 2. The van der Waals surface area contributed by atoms with Gasteiger partial charge in [0.2, 0.25) is 0 Å². The molecular weight excluding hydrogens is 305 g/mol. The van der Waals surface area contributed by atoms with Gasteiger partial charge < -0.3 is 16.3 Å². The summed E-state index contributed by atoms with van der Waals surface area (Å²) in [6.45, 7) is 12.6. The number of aliphatic hydroxyl groups is 1. The van der Waals surface area contributed by atoms with Gasteiger partial charge in [-0.15, -0.1) is 0 Å². The maximum absolute atomic E-state index is 12.4. The van der Waals surface area contributed by atoms with E-state index < -0.39 is 0 Å². The summed E-state index contributed by atoms with van der Waals surface area (Å²) < 4.78 is 12.4. The minimum Gasteiger partial charge on any atom is -0.412 e. The molecule has 1 aromatic carbocycles. The molecule has 1 aromatic rings. The molecule has 0 heterocycles. The van der Waals surface area contributed by atoms with Crippen LogP contribution in [0.1, 0.15) is 59.9 Å². The van der Waals surface area contributed by atoms with Crippen molar-refractivity contribution in [3.8, 4) is 0 Å². The van der Waals surface area contributed by atoms with Gasteiger partial charge in [0, 0.05) is 13.0 Å². The summed E-state index contributed by atoms with van der Waals surface area (Å²) in [6.07, 6.45) is 4.84. The van der Waals surface area contributed by atoms with Crippen molar-refractivity contribution in [1.29, 1.82) is 0 Å². The van der Waals surface area contributed by atoms with Crippen LogP contribution in [-0.2, 0) is 6.61 Å². The average molecular weight is 344 g/mol. The van der Waals surface area contributed by atoms with E-state index in [1.165, 1.54) is 6.08 Å². The Morgan fingerprint density at radius 1 is 1.00 bits per heavy atom. The molecule has 0 aromatic heterocycles. The van der Waals surface area contributed by atoms with Crippen LogP contribution in [0.25, 0.3) is 0 Å². The molecule has 0 saturated heterocycles. The minimum atomic E-state index is -0.0436. The third kappa shape index (κ3) is 18.6. The lowest BCUT2D eigenvalue weighted by atomic mass is 10.1. The normalized spacial score (nSPS) is 10.9. The van der Waals surface area contributed by atoms with Gasteiger partial charge in [-0.2, -0.15) is 0 Å². The molecule has 2 rings (SSSR count). The Hall–Kier alpha value is -1.49. The van der Waals surface area contributed by atoms with Crippen LogP contribution < -0.4 is 5.73 Å². The van der Waals surface area contributed by atoms with E-state index in [2.05, 4.69) is 0 Å². The van der Waals surface area contributed by atoms with Gasteiger partial charge in [0.05, 0.1) is 6.61 Å². The van der Waals surface area contributed by atoms with Gasteiger partial charge in [-0.25, -0.2) is 4.39 Å². The van der Waals surface area contributed by atoms with Gasteiger partial charge in [0.15, 0.2) is 0 Å². The van der Waals surface area contributed by atoms with Crippen molar-refractivity contribution in [1.82, 2.24) is 0 Å². The van der Waals surface area contributed by atoms with Gasteiger partial charge in [0.1, 0.15) is 5.83 Å². The maximum atomic E-state index is 12.4. The van der Waals surface area contributed by atoms with E-state index in [0.717, 1.165) is 17.6 Å². The third-order valence-electron chi connectivity index (χ3n) is 2.39. The van der Waals surface area contributed by atoms with Crippen molar-refractivity contribution in [3.63, 3.8) is 0 Å². The highest BCUT2D eigenvalue weighted by Gasteiger charge is 2.01. The molecule has 0 spiro atoms. The van der Waals surface area contributed by atoms with Crippen molar-refractivity contribution >= 4 is 0 Å². The summed E-state index contributed by atoms with van der Waals surface area (Å²) in [6, 6.07) is 9.52. The Balaban J connectivity index is -0.000000124. The lowest BCUT2D eigenvalue weighted by molar-refractivity contribution is 0.282. The maximum Gasteiger partial charge on any atom is 0.101 e. The molecule has 5 N–H and O–H groups in total. The zero-order valence-electron chi connectivity index (χ0n) is 16.3. The van der Waals surface area contributed by atoms with Gasteiger partial charge in [-0.3, -0.25) is 0 Å². The molecule has 4 heteroatoms. The highest BCUT2D eigenvalue weighted by Crippen LogP contribution is 2.16. The van der Waals surface area contributed by atoms with Gasteiger partial charge in [-0.1, -0.05) is 78.0 Å². The first-order valence-corrected chi connectivity index (χ1v) is 8.66. The van der Waals surface area contributed by atoms with Crippen LogP contribution >= 0.6 is 0 Å². The SMILES string of the molecule is CC.CC.CC.NCC1=CCCC(F)=C1.O.OCc1ccccc1. The summed E-state index contributed by atoms with van der Waals surface area (Å²) in [4.78, 5) is 0. The van der Waals surface area contributed by atoms with Crippen LogP contribution in [0.2, 0.25) is 0 Å². The van der Waals surface area contributed by atoms with E-state index in [1.54, 1.807) is 0 Å². The van der Waals surface area contributed by atoms with Crippen molar-refractivity contribution in [2.24, 2.45) is 5.73 Å². The fourth-order valence-electron chi connectivity index (χ4n) is 1.45. The lowest BCUT2D eigenvalue weighted by Gasteiger charge is -2.04. The van der Waals surface area contributed by atoms with Crippen LogP contribution in [0.5, 0.6) is 0 Å². The number of hydrogen-bond acceptors (Lipinski definition) is 2. The summed E-state index contributed by atoms with van der Waals surface area (Å²) in [7, 11) is 0. The summed E-state index contributed by atoms with van der Waals surface area (Å²) >= 11 is 0. The van der Waals surface area contributed by atoms with Crippen LogP contribution in [0.3, 0.4) is 0 Å². The first-order chi connectivity index (χ1) is 11.3. The number of rotatable bonds is 2. The molecule has 24 heavy (non-hydrogen) atoms. The molecule has 3 nitrogen and oxygen atoms in total. The summed E-state index contributed by atoms with van der Waals surface area (Å²) in [5.74, 6) is -0.0436. The second-order valence-electron chi connectivity index (χ2n) is 3.76. The number of benzene rings is 1. The second-order valence-corrected chi connectivity index (χ2v) is 3.76. The predicted octanol–water partition coefficient (Wildman–Crippen LogP) is 4.95. The molecule has 0 bridgehead atoms. The summed E-state index contributed by atoms with van der Waals surface area (Å²) in [5, 5.41) is 8.54. The molecule has 142 valence electrons. The Morgan fingerprint density at radius 2 is 1.50 bits per heavy atom. The lowest BCUT2D eigenvalue weighted by Crippen LogP contribution is -2.03. The fraction of sp³-hybridized carbons (Fsp3) is 0.500. The van der Waals surface area contributed by atoms with E-state index in [-0.39, 0.29) is 17.9 Å². The highest BCUT2D eigenvalue weighted by atomic mass is 19.1. The van der Waals surface area contributed by atoms with E-state index in [0.29, 0.717) is 13.0 Å². The number of allylic oxidation sites excluding steroid dienone is 2. The zero-order chi connectivity index (χ0) is 18.5. The first kappa shape index (κ1) is 30.4. The van der Waals surface area contributed by atoms with Crippen LogP contribution in [0.4, 0.5) is 4.39 Å². The minimum absolute atomic E-state index is 0. The monoisotopic (exact) mass is 343 g/mol. The topological polar surface area (TPSA) is 77.8 Å². The fourth-order valence-corrected chi connectivity index (χ4v) is 1.45. The smallest absolute Gasteiger partial charge is 0.101 e. The second kappa shape index (κ2) is 26.4. The van der Waals surface area contributed by atoms with Crippen molar-refractivity contribution < 1.29 is 15.0 Å². The molecule has 0 radical (unpaired) electrons. The van der Waals surface area contributed by atoms with Gasteiger partial charge in [0.25, 0.3) is 0 Å². The van der Waals surface area contributed by atoms with Crippen molar-refractivity contribution in [2.45, 2.75) is 61.0 Å². The van der Waals surface area contributed by atoms with E-state index >= 15 is 0 Å². The Kier molecular flexibility index (Phi) is 33.4. The molecule has 0 saturated carbocycles. The van der Waals surface area contributed by atoms with Crippen LogP contribution in [-0.4, -0.2) is 17.1 Å². The van der Waals surface area contributed by atoms with Crippen LogP contribution in [0.15, 0.2) is 53.9 Å². The molecule has 1 aliphatic rings. The Bertz CT molecular complexity index is 390. The molecule has 0 atom stereocenters. The van der Waals surface area contributed by atoms with Crippen LogP contribution in [0, 0.1) is 0 Å². The molecule has 0 fully saturated rings. The molecule has 0 unspecified atom stereocenters. The van der Waals surface area contributed by atoms with Gasteiger partial charge in [-0.05, 0) is 23.6 Å². The van der Waals surface area contributed by atoms with Crippen molar-refractivity contribution in [3.05, 3.63) is 59.4 Å². The summed E-state index contributed by atoms with van der Waals surface area (Å²) in [5.41, 5.74) is 7.17. The number of aliphatic hydroxyl groups excluding tert-OH is 1. The average Bonchev–Trinajstić information content (AvgIpc) is 2.67. The van der Waals surface area contributed by atoms with Gasteiger partial charge >= 0.3 is 0 Å². The Labute approximate surface area is 148 Å². The van der Waals surface area contributed by atoms with E-state index in [9.17, 15) is 4.39 Å². The highest BCUT2D eigenvalue weighted by molar-refractivity contribution is 5.25. The number of nitrogens with two attached hydrogens (primary N) is 1. The molecule has 0 amide bonds. The Morgan fingerprint density at radius 3 is 1.79 bits per heavy atom. The predicted molar refractivity (Wildman–Crippen MR) is 106 cm³/mol. The van der Waals surface area contributed by atoms with E-state index in [4.69, 9.17) is 10.8 Å². The standard InChI is InChI=1S/C7H10FN.C7H8O.3C2H6.H2O/c8-7-3-1-2-6(4-7)5-9;8-6-7-4-2-1-3-5-7;3*1-2;/h2,4H,1,3,5,9H2;1-5,8H,6H2;3*1-2H3;1H2. The first-order valence-electron chi connectivity index (χ1n) is 8.66. The largest absolute Gasteiger partial charge is 0.412 e. The molecular formula is C20H38FNO2. The number of halogens is 1.